The number of aromatic nitrogens is 13. The Kier molecular flexibility index (Phi) is 66.5. The number of aryl methyl sites for hydroxylation is 11. The number of carbonyl (C=O) groups is 9. The van der Waals surface area contributed by atoms with Gasteiger partial charge in [-0.05, 0) is 201 Å². The number of ether oxygens (including phenoxy) is 3. The summed E-state index contributed by atoms with van der Waals surface area (Å²) in [5.41, 5.74) is 10.5. The van der Waals surface area contributed by atoms with Crippen LogP contribution in [0.2, 0.25) is 0 Å². The van der Waals surface area contributed by atoms with Crippen LogP contribution in [-0.2, 0) is 101 Å². The molecule has 0 saturated carbocycles. The number of carbonyl (C=O) groups excluding carboxylic acids is 9. The maximum atomic E-state index is 11.6. The van der Waals surface area contributed by atoms with Crippen molar-refractivity contribution in [2.75, 3.05) is 21.3 Å². The Morgan fingerprint density at radius 2 is 0.679 bits per heavy atom. The second kappa shape index (κ2) is 73.9. The zero-order chi connectivity index (χ0) is 100.0. The van der Waals surface area contributed by atoms with Crippen molar-refractivity contribution in [3.8, 4) is 17.5 Å². The summed E-state index contributed by atoms with van der Waals surface area (Å²) in [6.07, 6.45) is 40.2. The molecular weight excluding hydrogens is 1680 g/mol. The highest BCUT2D eigenvalue weighted by Crippen LogP contribution is 2.22. The molecule has 25 heteroatoms. The van der Waals surface area contributed by atoms with Crippen LogP contribution in [0.25, 0.3) is 0 Å². The summed E-state index contributed by atoms with van der Waals surface area (Å²) in [5.74, 6) is 9.72. The SMILES string of the molecule is CC(C)CC(=O)CCc1cccnn1.CC(C)CC(=O)CCc1ccncn1.CC(C)CC(=O)CCc1ccnnc1.CC(C)CC(=O)CCc1ncccn1.COc1cccc(CCC(=O)CC(C)C)n1.COc1ccncc1CCC(=O)CC(C)C.COc1ncccc1CCC(=O)CC(C)C.Cc1ccncc1CCC(=O)CC(C)C.Cc1ncccc1CCC(=O)CC(C)C. The van der Waals surface area contributed by atoms with Gasteiger partial charge in [-0.15, -0.1) is 0 Å². The van der Waals surface area contributed by atoms with Crippen molar-refractivity contribution in [2.24, 2.45) is 53.3 Å². The average Bonchev–Trinajstić information content (AvgIpc) is 0.887. The molecule has 0 fully saturated rings. The van der Waals surface area contributed by atoms with Crippen LogP contribution in [-0.4, -0.2) is 139 Å². The lowest BCUT2D eigenvalue weighted by Gasteiger charge is -2.07. The molecule has 9 aromatic heterocycles. The predicted molar refractivity (Wildman–Crippen MR) is 533 cm³/mol. The fraction of sp³-hybridized carbons (Fsp3) is 0.541. The number of ketones is 9. The summed E-state index contributed by atoms with van der Waals surface area (Å²) in [6, 6.07) is 26.5. The molecule has 9 aromatic rings. The van der Waals surface area contributed by atoms with Gasteiger partial charge in [0, 0.05) is 224 Å². The summed E-state index contributed by atoms with van der Waals surface area (Å²) in [5, 5.41) is 15.1. The van der Waals surface area contributed by atoms with Crippen molar-refractivity contribution >= 4 is 52.0 Å². The topological polar surface area (TPSA) is 349 Å². The molecule has 0 amide bonds. The number of methoxy groups -OCH3 is 3. The number of nitrogens with zero attached hydrogens (tertiary/aromatic N) is 13. The first-order valence-electron chi connectivity index (χ1n) is 47.7. The first-order chi connectivity index (χ1) is 63.8. The van der Waals surface area contributed by atoms with Gasteiger partial charge in [0.05, 0.1) is 33.2 Å². The molecular formula is C109H159N13O12. The van der Waals surface area contributed by atoms with Gasteiger partial charge >= 0.3 is 0 Å². The van der Waals surface area contributed by atoms with Gasteiger partial charge in [-0.3, -0.25) is 58.1 Å². The molecule has 0 spiro atoms. The van der Waals surface area contributed by atoms with Crippen LogP contribution >= 0.6 is 0 Å². The van der Waals surface area contributed by atoms with E-state index in [1.807, 2.05) is 85.9 Å². The largest absolute Gasteiger partial charge is 0.496 e. The van der Waals surface area contributed by atoms with Crippen molar-refractivity contribution in [3.05, 3.63) is 228 Å². The summed E-state index contributed by atoms with van der Waals surface area (Å²) >= 11 is 0. The van der Waals surface area contributed by atoms with Crippen LogP contribution in [0.4, 0.5) is 0 Å². The number of Topliss-reactive ketones (excluding diaryl/α,β-unsaturated/α-hetero) is 9. The minimum absolute atomic E-state index is 0.299. The van der Waals surface area contributed by atoms with Crippen LogP contribution in [0.3, 0.4) is 0 Å². The maximum absolute atomic E-state index is 11.6. The minimum Gasteiger partial charge on any atom is -0.496 e. The molecule has 0 unspecified atom stereocenters. The van der Waals surface area contributed by atoms with Crippen molar-refractivity contribution in [3.63, 3.8) is 0 Å². The van der Waals surface area contributed by atoms with Crippen molar-refractivity contribution in [1.82, 2.24) is 65.3 Å². The Morgan fingerprint density at radius 1 is 0.284 bits per heavy atom. The maximum Gasteiger partial charge on any atom is 0.216 e. The van der Waals surface area contributed by atoms with Gasteiger partial charge in [0.1, 0.15) is 70.0 Å². The van der Waals surface area contributed by atoms with E-state index in [1.165, 1.54) is 23.0 Å². The molecule has 0 aliphatic rings. The Labute approximate surface area is 801 Å². The number of pyridine rings is 5. The lowest BCUT2D eigenvalue weighted by Crippen LogP contribution is -2.05. The van der Waals surface area contributed by atoms with E-state index >= 15 is 0 Å². The summed E-state index contributed by atoms with van der Waals surface area (Å²) in [4.78, 5) is 140. The third-order valence-corrected chi connectivity index (χ3v) is 19.6. The van der Waals surface area contributed by atoms with E-state index in [1.54, 1.807) is 102 Å². The van der Waals surface area contributed by atoms with Crippen molar-refractivity contribution < 1.29 is 57.4 Å². The van der Waals surface area contributed by atoms with Gasteiger partial charge in [0.2, 0.25) is 11.8 Å². The molecule has 0 bridgehead atoms. The van der Waals surface area contributed by atoms with Gasteiger partial charge in [-0.1, -0.05) is 143 Å². The highest BCUT2D eigenvalue weighted by molar-refractivity contribution is 5.82. The molecule has 0 aromatic carbocycles. The van der Waals surface area contributed by atoms with E-state index in [9.17, 15) is 43.2 Å². The highest BCUT2D eigenvalue weighted by Gasteiger charge is 2.16. The van der Waals surface area contributed by atoms with Gasteiger partial charge in [0.25, 0.3) is 0 Å². The fourth-order valence-corrected chi connectivity index (χ4v) is 13.2. The Morgan fingerprint density at radius 3 is 1.10 bits per heavy atom. The lowest BCUT2D eigenvalue weighted by atomic mass is 10.0. The second-order valence-electron chi connectivity index (χ2n) is 37.1. The highest BCUT2D eigenvalue weighted by atomic mass is 16.5. The molecule has 0 N–H and O–H groups in total. The molecule has 0 aliphatic carbocycles. The number of rotatable bonds is 48. The molecule has 25 nitrogen and oxygen atoms in total. The molecule has 0 saturated heterocycles. The second-order valence-corrected chi connectivity index (χ2v) is 37.1. The predicted octanol–water partition coefficient (Wildman–Crippen LogP) is 21.9. The molecule has 0 aliphatic heterocycles. The third kappa shape index (κ3) is 66.0. The normalized spacial score (nSPS) is 10.5. The monoisotopic (exact) mass is 1840 g/mol. The summed E-state index contributed by atoms with van der Waals surface area (Å²) < 4.78 is 15.4. The van der Waals surface area contributed by atoms with E-state index in [4.69, 9.17) is 14.2 Å². The van der Waals surface area contributed by atoms with Gasteiger partial charge in [-0.2, -0.15) is 20.4 Å². The van der Waals surface area contributed by atoms with E-state index in [0.29, 0.717) is 265 Å². The molecule has 134 heavy (non-hydrogen) atoms. The first-order valence-corrected chi connectivity index (χ1v) is 47.7. The van der Waals surface area contributed by atoms with E-state index in [-0.39, 0.29) is 0 Å². The minimum atomic E-state index is 0.299. The molecule has 0 radical (unpaired) electrons. The molecule has 0 atom stereocenters. The van der Waals surface area contributed by atoms with Crippen molar-refractivity contribution in [2.45, 2.75) is 312 Å². The zero-order valence-electron chi connectivity index (χ0n) is 85.1. The lowest BCUT2D eigenvalue weighted by molar-refractivity contribution is -0.120. The van der Waals surface area contributed by atoms with Crippen LogP contribution in [0.1, 0.15) is 302 Å². The number of hydrogen-bond acceptors (Lipinski definition) is 25. The zero-order valence-corrected chi connectivity index (χ0v) is 85.1. The quantitative estimate of drug-likeness (QED) is 0.0342. The average molecular weight is 1840 g/mol. The van der Waals surface area contributed by atoms with Crippen molar-refractivity contribution in [1.29, 1.82) is 0 Å². The van der Waals surface area contributed by atoms with E-state index in [2.05, 4.69) is 197 Å². The molecule has 732 valence electrons. The van der Waals surface area contributed by atoms with Crippen LogP contribution in [0.5, 0.6) is 17.5 Å². The Bertz CT molecular complexity index is 4320. The van der Waals surface area contributed by atoms with Crippen LogP contribution in [0.15, 0.2) is 166 Å². The van der Waals surface area contributed by atoms with E-state index in [0.717, 1.165) is 76.7 Å². The van der Waals surface area contributed by atoms with Gasteiger partial charge in [0.15, 0.2) is 0 Å². The van der Waals surface area contributed by atoms with Gasteiger partial charge < -0.3 is 14.2 Å². The van der Waals surface area contributed by atoms with Crippen LogP contribution in [0, 0.1) is 67.1 Å². The first kappa shape index (κ1) is 121. The fourth-order valence-electron chi connectivity index (χ4n) is 13.2. The third-order valence-electron chi connectivity index (χ3n) is 19.6. The summed E-state index contributed by atoms with van der Waals surface area (Å²) in [7, 11) is 4.83. The smallest absolute Gasteiger partial charge is 0.216 e. The standard InChI is InChI=1S/3C13H19NO2.2C13H19NO.4C11H16N2O/c1-10(2)8-12(15)5-4-11-9-14-7-6-13(11)16-3;1-10(2)9-12(15)7-6-11-5-4-8-14-13(11)16-3;1-10(2)9-12(15)8-7-11-5-4-6-13(14-11)16-3;1-10(2)8-13(15)5-4-12-9-14-7-6-11(12)3;1-10(2)9-13(15)7-6-12-5-4-8-14-11(12)3;1-9(2)8-10(14)4-5-11-12-6-3-7-13-11;1-9(2)7-11(14)4-3-10-5-6-12-8-13-10;1-9(2)7-11(14)4-3-10-5-6-12-13-8-10;1-9(2)8-11(14)6-5-10-4-3-7-12-13-10/h6-7,9-10H,4-5,8H2,1-3H3;4-5,8,10H,6-7,9H2,1-3H3;4-6,10H,7-9H2,1-3H3;6-7,9-10H,4-5,8H2,1-3H3;4-5,8,10H,6-7,9H2,1-3H3;3,6-7,9H,4-5,8H2,1-2H3;2*5-6,8-9H,3-4,7H2,1-2H3;3-4,7,9H,5-6,8H2,1-2H3. The molecule has 9 heterocycles. The number of hydrogen-bond donors (Lipinski definition) is 0. The van der Waals surface area contributed by atoms with E-state index < -0.39 is 0 Å². The Hall–Kier alpha value is -11.5. The van der Waals surface area contributed by atoms with Crippen LogP contribution < -0.4 is 14.2 Å². The summed E-state index contributed by atoms with van der Waals surface area (Å²) in [6.45, 7) is 41.2. The Balaban J connectivity index is 0.000000754. The van der Waals surface area contributed by atoms with Gasteiger partial charge in [-0.25, -0.2) is 29.9 Å². The molecule has 9 rings (SSSR count).